The minimum atomic E-state index is -2.16. The van der Waals surface area contributed by atoms with Crippen molar-refractivity contribution in [3.8, 4) is 0 Å². The summed E-state index contributed by atoms with van der Waals surface area (Å²) in [5, 5.41) is 4.38. The number of ether oxygens (including phenoxy) is 1. The van der Waals surface area contributed by atoms with E-state index >= 15 is 0 Å². The van der Waals surface area contributed by atoms with E-state index in [1.54, 1.807) is 31.1 Å². The van der Waals surface area contributed by atoms with Gasteiger partial charge in [0.05, 0.1) is 18.8 Å². The van der Waals surface area contributed by atoms with Crippen LogP contribution >= 0.6 is 0 Å². The standard InChI is InChI=1S/C37H52N4O6Si/c1-8-9-10-11-12-13-14-19-34(43)45-26-41-35-30(39-25-37(3,36(41)44)47-48(5,6)7)22-28(23-38-35)20-21-33(42)40(4)24-32-27(2)29-17-15-16-18-31(29)46-32/h15-18,20-23,39H,8-14,19,24-26H2,1-7H3/b21-20+. The fourth-order valence-electron chi connectivity index (χ4n) is 5.91. The number of unbranched alkanes of at least 4 members (excludes halogenated alkanes) is 6. The number of fused-ring (bicyclic) bond motifs is 2. The van der Waals surface area contributed by atoms with Gasteiger partial charge in [0, 0.05) is 36.7 Å². The second kappa shape index (κ2) is 16.4. The number of para-hydroxylation sites is 1. The molecule has 0 fully saturated rings. The Bertz CT molecular complexity index is 1610. The topological polar surface area (TPSA) is 114 Å². The summed E-state index contributed by atoms with van der Waals surface area (Å²) in [5.41, 5.74) is 1.87. The summed E-state index contributed by atoms with van der Waals surface area (Å²) in [5.74, 6) is 0.218. The highest BCUT2D eigenvalue weighted by Crippen LogP contribution is 2.33. The lowest BCUT2D eigenvalue weighted by molar-refractivity contribution is -0.145. The largest absolute Gasteiger partial charge is 0.459 e. The third-order valence-corrected chi connectivity index (χ3v) is 9.51. The maximum Gasteiger partial charge on any atom is 0.307 e. The molecule has 260 valence electrons. The first-order valence-corrected chi connectivity index (χ1v) is 20.5. The van der Waals surface area contributed by atoms with Crippen molar-refractivity contribution in [2.45, 2.75) is 104 Å². The first-order valence-electron chi connectivity index (χ1n) is 17.1. The molecule has 48 heavy (non-hydrogen) atoms. The number of amides is 2. The molecule has 1 N–H and O–H groups in total. The number of pyridine rings is 1. The zero-order valence-electron chi connectivity index (χ0n) is 29.7. The Hall–Kier alpha value is -3.96. The van der Waals surface area contributed by atoms with Crippen LogP contribution in [-0.4, -0.2) is 61.9 Å². The number of carbonyl (C=O) groups excluding carboxylic acids is 3. The van der Waals surface area contributed by atoms with Gasteiger partial charge < -0.3 is 23.8 Å². The molecule has 11 heteroatoms. The van der Waals surface area contributed by atoms with Gasteiger partial charge >= 0.3 is 5.97 Å². The third-order valence-electron chi connectivity index (χ3n) is 8.45. The molecule has 0 aliphatic carbocycles. The fourth-order valence-corrected chi connectivity index (χ4v) is 7.42. The number of nitrogens with one attached hydrogen (secondary N) is 1. The van der Waals surface area contributed by atoms with Gasteiger partial charge in [-0.25, -0.2) is 4.98 Å². The highest BCUT2D eigenvalue weighted by molar-refractivity contribution is 6.70. The normalized spacial score (nSPS) is 16.6. The average Bonchev–Trinajstić information content (AvgIpc) is 3.31. The minimum absolute atomic E-state index is 0.196. The highest BCUT2D eigenvalue weighted by Gasteiger charge is 2.45. The third kappa shape index (κ3) is 9.79. The molecule has 0 radical (unpaired) electrons. The number of likely N-dealkylation sites (N-methyl/N-ethyl adjacent to an activating group) is 1. The molecule has 3 aromatic rings. The van der Waals surface area contributed by atoms with Crippen LogP contribution in [0.2, 0.25) is 19.6 Å². The average molecular weight is 677 g/mol. The van der Waals surface area contributed by atoms with Crippen molar-refractivity contribution in [1.82, 2.24) is 9.88 Å². The van der Waals surface area contributed by atoms with Crippen LogP contribution in [0.4, 0.5) is 11.5 Å². The predicted octanol–water partition coefficient (Wildman–Crippen LogP) is 7.82. The molecule has 2 amide bonds. The zero-order valence-corrected chi connectivity index (χ0v) is 30.7. The summed E-state index contributed by atoms with van der Waals surface area (Å²) >= 11 is 0. The Morgan fingerprint density at radius 2 is 1.83 bits per heavy atom. The number of rotatable bonds is 16. The second-order valence-corrected chi connectivity index (χ2v) is 18.3. The van der Waals surface area contributed by atoms with E-state index in [1.807, 2.05) is 56.9 Å². The van der Waals surface area contributed by atoms with Crippen molar-refractivity contribution in [2.75, 3.05) is 30.5 Å². The summed E-state index contributed by atoms with van der Waals surface area (Å²) in [4.78, 5) is 47.3. The van der Waals surface area contributed by atoms with Gasteiger partial charge in [-0.05, 0) is 63.7 Å². The molecule has 3 heterocycles. The van der Waals surface area contributed by atoms with Gasteiger partial charge in [-0.3, -0.25) is 19.3 Å². The van der Waals surface area contributed by atoms with Crippen LogP contribution in [0.3, 0.4) is 0 Å². The van der Waals surface area contributed by atoms with Crippen molar-refractivity contribution < 1.29 is 28.0 Å². The number of furan rings is 1. The van der Waals surface area contributed by atoms with E-state index in [1.165, 1.54) is 36.7 Å². The van der Waals surface area contributed by atoms with E-state index in [-0.39, 0.29) is 31.1 Å². The smallest absolute Gasteiger partial charge is 0.307 e. The first kappa shape index (κ1) is 36.9. The van der Waals surface area contributed by atoms with E-state index in [0.717, 1.165) is 41.6 Å². The monoisotopic (exact) mass is 676 g/mol. The molecule has 4 rings (SSSR count). The van der Waals surface area contributed by atoms with Crippen LogP contribution in [0.1, 0.15) is 82.1 Å². The lowest BCUT2D eigenvalue weighted by Crippen LogP contribution is -2.56. The number of hydrogen-bond acceptors (Lipinski definition) is 8. The maximum absolute atomic E-state index is 14.0. The summed E-state index contributed by atoms with van der Waals surface area (Å²) in [6, 6.07) is 9.65. The van der Waals surface area contributed by atoms with Gasteiger partial charge in [0.2, 0.25) is 5.91 Å². The van der Waals surface area contributed by atoms with Crippen LogP contribution in [0, 0.1) is 6.92 Å². The quantitative estimate of drug-likeness (QED) is 0.0707. The Kier molecular flexibility index (Phi) is 12.6. The second-order valence-electron chi connectivity index (χ2n) is 13.9. The predicted molar refractivity (Wildman–Crippen MR) is 193 cm³/mol. The molecule has 0 spiro atoms. The van der Waals surface area contributed by atoms with Gasteiger partial charge in [0.25, 0.3) is 5.91 Å². The van der Waals surface area contributed by atoms with E-state index < -0.39 is 13.9 Å². The molecule has 2 aromatic heterocycles. The molecule has 1 aliphatic rings. The molecule has 1 unspecified atom stereocenters. The molecule has 1 atom stereocenters. The van der Waals surface area contributed by atoms with Crippen molar-refractivity contribution in [3.05, 3.63) is 59.5 Å². The lowest BCUT2D eigenvalue weighted by Gasteiger charge is -2.36. The number of nitrogens with zero attached hydrogens (tertiary/aromatic N) is 3. The van der Waals surface area contributed by atoms with E-state index in [9.17, 15) is 14.4 Å². The Balaban J connectivity index is 1.45. The summed E-state index contributed by atoms with van der Waals surface area (Å²) < 4.78 is 18.0. The first-order chi connectivity index (χ1) is 22.8. The lowest BCUT2D eigenvalue weighted by atomic mass is 10.1. The number of esters is 1. The molecule has 1 aliphatic heterocycles. The van der Waals surface area contributed by atoms with Crippen LogP contribution in [0.25, 0.3) is 17.0 Å². The Morgan fingerprint density at radius 3 is 2.54 bits per heavy atom. The van der Waals surface area contributed by atoms with E-state index in [4.69, 9.17) is 13.6 Å². The molecule has 0 saturated heterocycles. The molecule has 0 bridgehead atoms. The van der Waals surface area contributed by atoms with Crippen LogP contribution < -0.4 is 10.2 Å². The highest BCUT2D eigenvalue weighted by atomic mass is 28.4. The maximum atomic E-state index is 14.0. The molecule has 1 aromatic carbocycles. The molecule has 10 nitrogen and oxygen atoms in total. The summed E-state index contributed by atoms with van der Waals surface area (Å²) in [6.45, 7) is 12.3. The zero-order chi connectivity index (χ0) is 34.9. The molecule has 0 saturated carbocycles. The molecular formula is C37H52N4O6Si. The van der Waals surface area contributed by atoms with E-state index in [2.05, 4.69) is 17.2 Å². The van der Waals surface area contributed by atoms with Crippen LogP contribution in [-0.2, 0) is 30.1 Å². The van der Waals surface area contributed by atoms with Gasteiger partial charge in [-0.15, -0.1) is 0 Å². The Morgan fingerprint density at radius 1 is 1.12 bits per heavy atom. The fraction of sp³-hybridized carbons (Fsp3) is 0.514. The van der Waals surface area contributed by atoms with E-state index in [0.29, 0.717) is 30.0 Å². The van der Waals surface area contributed by atoms with Crippen LogP contribution in [0.15, 0.2) is 47.0 Å². The Labute approximate surface area is 286 Å². The van der Waals surface area contributed by atoms with Gasteiger partial charge in [0.1, 0.15) is 11.3 Å². The number of anilines is 2. The summed E-state index contributed by atoms with van der Waals surface area (Å²) in [7, 11) is -0.428. The SMILES string of the molecule is CCCCCCCCCC(=O)OCN1C(=O)C(C)(O[Si](C)(C)C)CNc2cc(/C=C/C(=O)N(C)Cc3oc4ccccc4c3C)cnc21. The van der Waals surface area contributed by atoms with Gasteiger partial charge in [-0.2, -0.15) is 0 Å². The number of aryl methyl sites for hydroxylation is 1. The number of hydrogen-bond donors (Lipinski definition) is 1. The van der Waals surface area contributed by atoms with Crippen molar-refractivity contribution in [2.24, 2.45) is 0 Å². The van der Waals surface area contributed by atoms with Gasteiger partial charge in [0.15, 0.2) is 26.5 Å². The molecular weight excluding hydrogens is 625 g/mol. The minimum Gasteiger partial charge on any atom is -0.459 e. The van der Waals surface area contributed by atoms with Crippen LogP contribution in [0.5, 0.6) is 0 Å². The van der Waals surface area contributed by atoms with Gasteiger partial charge in [-0.1, -0.05) is 63.6 Å². The number of carbonyl (C=O) groups is 3. The number of aromatic nitrogens is 1. The summed E-state index contributed by atoms with van der Waals surface area (Å²) in [6.07, 6.45) is 12.8. The van der Waals surface area contributed by atoms with Crippen molar-refractivity contribution in [3.63, 3.8) is 0 Å². The van der Waals surface area contributed by atoms with Crippen molar-refractivity contribution in [1.29, 1.82) is 0 Å². The number of benzene rings is 1. The van der Waals surface area contributed by atoms with Crippen molar-refractivity contribution >= 4 is 54.7 Å².